The lowest BCUT2D eigenvalue weighted by Crippen LogP contribution is -2.61. The topological polar surface area (TPSA) is 84.7 Å². The molecule has 1 aliphatic rings. The summed E-state index contributed by atoms with van der Waals surface area (Å²) in [5.41, 5.74) is 3.08. The molecular weight excluding hydrogens is 406 g/mol. The first-order chi connectivity index (χ1) is 15.7. The summed E-state index contributed by atoms with van der Waals surface area (Å²) in [6.07, 6.45) is -0.482. The summed E-state index contributed by atoms with van der Waals surface area (Å²) in [4.78, 5) is 26.6. The van der Waals surface area contributed by atoms with E-state index < -0.39 is 6.09 Å². The van der Waals surface area contributed by atoms with Crippen molar-refractivity contribution in [3.8, 4) is 11.3 Å². The molecule has 1 N–H and O–H groups in total. The Hall–Kier alpha value is -4.13. The number of nitrogens with zero attached hydrogens (tertiary/aromatic N) is 2. The maximum absolute atomic E-state index is 12.9. The predicted molar refractivity (Wildman–Crippen MR) is 119 cm³/mol. The lowest BCUT2D eigenvalue weighted by Gasteiger charge is -2.39. The number of aromatic nitrogens is 1. The average Bonchev–Trinajstić information content (AvgIpc) is 3.24. The molecule has 0 bridgehead atoms. The van der Waals surface area contributed by atoms with Crippen molar-refractivity contribution in [3.05, 3.63) is 90.0 Å². The molecule has 7 nitrogen and oxygen atoms in total. The maximum Gasteiger partial charge on any atom is 0.407 e. The van der Waals surface area contributed by atoms with Crippen molar-refractivity contribution < 1.29 is 18.8 Å². The molecule has 3 aromatic carbocycles. The van der Waals surface area contributed by atoms with Gasteiger partial charge in [-0.3, -0.25) is 4.79 Å². The van der Waals surface area contributed by atoms with Gasteiger partial charge in [-0.15, -0.1) is 0 Å². The van der Waals surface area contributed by atoms with Crippen LogP contribution in [0.15, 0.2) is 83.4 Å². The highest BCUT2D eigenvalue weighted by Crippen LogP contribution is 2.29. The summed E-state index contributed by atoms with van der Waals surface area (Å²) in [5, 5.41) is 7.69. The third kappa shape index (κ3) is 4.05. The van der Waals surface area contributed by atoms with Gasteiger partial charge in [-0.25, -0.2) is 4.79 Å². The fraction of sp³-hybridized carbons (Fsp3) is 0.160. The second kappa shape index (κ2) is 8.55. The number of amides is 2. The summed E-state index contributed by atoms with van der Waals surface area (Å²) >= 11 is 0. The Bertz CT molecular complexity index is 1250. The molecule has 5 rings (SSSR count). The van der Waals surface area contributed by atoms with E-state index in [1.165, 1.54) is 0 Å². The second-order valence-electron chi connectivity index (χ2n) is 7.72. The van der Waals surface area contributed by atoms with Crippen molar-refractivity contribution in [1.29, 1.82) is 0 Å². The number of hydrogen-bond donors (Lipinski definition) is 1. The first-order valence-electron chi connectivity index (χ1n) is 10.4. The van der Waals surface area contributed by atoms with Gasteiger partial charge in [-0.1, -0.05) is 65.8 Å². The number of benzene rings is 3. The molecule has 1 aromatic heterocycles. The molecule has 1 saturated heterocycles. The van der Waals surface area contributed by atoms with E-state index in [9.17, 15) is 9.59 Å². The lowest BCUT2D eigenvalue weighted by atomic mass is 10.0. The van der Waals surface area contributed by atoms with Crippen molar-refractivity contribution in [1.82, 2.24) is 15.4 Å². The van der Waals surface area contributed by atoms with Crippen molar-refractivity contribution in [2.24, 2.45) is 0 Å². The second-order valence-corrected chi connectivity index (χ2v) is 7.72. The molecule has 32 heavy (non-hydrogen) atoms. The molecule has 0 saturated carbocycles. The molecule has 160 valence electrons. The minimum Gasteiger partial charge on any atom is -0.445 e. The number of likely N-dealkylation sites (tertiary alicyclic amines) is 1. The molecule has 0 unspecified atom stereocenters. The van der Waals surface area contributed by atoms with E-state index in [1.54, 1.807) is 17.0 Å². The molecular formula is C25H21N3O4. The molecule has 2 amide bonds. The zero-order chi connectivity index (χ0) is 21.9. The molecule has 0 spiro atoms. The zero-order valence-corrected chi connectivity index (χ0v) is 17.2. The Kier molecular flexibility index (Phi) is 5.29. The van der Waals surface area contributed by atoms with Crippen molar-refractivity contribution in [2.45, 2.75) is 12.6 Å². The van der Waals surface area contributed by atoms with E-state index in [4.69, 9.17) is 9.26 Å². The smallest absolute Gasteiger partial charge is 0.407 e. The minimum atomic E-state index is -0.482. The average molecular weight is 427 g/mol. The first kappa shape index (κ1) is 19.8. The van der Waals surface area contributed by atoms with Crippen LogP contribution in [-0.2, 0) is 11.3 Å². The fourth-order valence-corrected chi connectivity index (χ4v) is 3.72. The van der Waals surface area contributed by atoms with Gasteiger partial charge in [-0.2, -0.15) is 0 Å². The normalized spacial score (nSPS) is 13.6. The fourth-order valence-electron chi connectivity index (χ4n) is 3.72. The summed E-state index contributed by atoms with van der Waals surface area (Å²) in [6, 6.07) is 24.4. The zero-order valence-electron chi connectivity index (χ0n) is 17.2. The van der Waals surface area contributed by atoms with Crippen molar-refractivity contribution >= 4 is 22.9 Å². The molecule has 2 heterocycles. The number of hydrogen-bond acceptors (Lipinski definition) is 5. The van der Waals surface area contributed by atoms with E-state index >= 15 is 0 Å². The summed E-state index contributed by atoms with van der Waals surface area (Å²) in [7, 11) is 0. The Morgan fingerprint density at radius 3 is 2.47 bits per heavy atom. The molecule has 0 atom stereocenters. The van der Waals surface area contributed by atoms with E-state index in [-0.39, 0.29) is 18.6 Å². The van der Waals surface area contributed by atoms with Crippen LogP contribution in [0.3, 0.4) is 0 Å². The van der Waals surface area contributed by atoms with Gasteiger partial charge in [0.2, 0.25) is 0 Å². The van der Waals surface area contributed by atoms with Crippen LogP contribution >= 0.6 is 0 Å². The van der Waals surface area contributed by atoms with Crippen LogP contribution in [0.2, 0.25) is 0 Å². The van der Waals surface area contributed by atoms with Crippen LogP contribution in [0, 0.1) is 0 Å². The molecule has 0 aliphatic carbocycles. The highest BCUT2D eigenvalue weighted by molar-refractivity contribution is 6.01. The third-order valence-electron chi connectivity index (χ3n) is 5.46. The van der Waals surface area contributed by atoms with E-state index in [0.717, 1.165) is 16.5 Å². The van der Waals surface area contributed by atoms with Gasteiger partial charge in [0.15, 0.2) is 5.76 Å². The van der Waals surface area contributed by atoms with E-state index in [0.29, 0.717) is 29.9 Å². The van der Waals surface area contributed by atoms with Crippen LogP contribution in [0.25, 0.3) is 22.2 Å². The number of fused-ring (bicyclic) bond motifs is 1. The monoisotopic (exact) mass is 427 g/mol. The largest absolute Gasteiger partial charge is 0.445 e. The molecule has 7 heteroatoms. The van der Waals surface area contributed by atoms with Crippen LogP contribution < -0.4 is 5.32 Å². The van der Waals surface area contributed by atoms with Gasteiger partial charge in [0.25, 0.3) is 5.91 Å². The highest BCUT2D eigenvalue weighted by atomic mass is 16.5. The molecule has 0 radical (unpaired) electrons. The Labute approximate surface area is 184 Å². The molecule has 1 fully saturated rings. The predicted octanol–water partition coefficient (Wildman–Crippen LogP) is 4.25. The van der Waals surface area contributed by atoms with Gasteiger partial charge < -0.3 is 19.5 Å². The van der Waals surface area contributed by atoms with Gasteiger partial charge in [0.1, 0.15) is 12.1 Å². The highest BCUT2D eigenvalue weighted by Gasteiger charge is 2.33. The van der Waals surface area contributed by atoms with Gasteiger partial charge in [0, 0.05) is 24.2 Å². The van der Waals surface area contributed by atoms with Crippen molar-refractivity contribution in [2.75, 3.05) is 13.1 Å². The molecule has 4 aromatic rings. The van der Waals surface area contributed by atoms with Gasteiger partial charge in [-0.05, 0) is 23.8 Å². The number of carbonyl (C=O) groups is 2. The van der Waals surface area contributed by atoms with Gasteiger partial charge in [0.05, 0.1) is 11.4 Å². The number of alkyl carbamates (subject to hydrolysis) is 1. The Morgan fingerprint density at radius 2 is 1.72 bits per heavy atom. The lowest BCUT2D eigenvalue weighted by molar-refractivity contribution is 0.0546. The summed E-state index contributed by atoms with van der Waals surface area (Å²) in [5.74, 6) is 0.544. The quantitative estimate of drug-likeness (QED) is 0.515. The summed E-state index contributed by atoms with van der Waals surface area (Å²) < 4.78 is 10.8. The number of carbonyl (C=O) groups excluding carboxylic acids is 2. The van der Waals surface area contributed by atoms with E-state index in [2.05, 4.69) is 10.5 Å². The van der Waals surface area contributed by atoms with Gasteiger partial charge >= 0.3 is 6.09 Å². The van der Waals surface area contributed by atoms with E-state index in [1.807, 2.05) is 66.7 Å². The standard InChI is InChI=1S/C25H21N3O4/c29-24(28-14-20(15-28)26-25(30)31-16-17-7-3-1-4-8-17)19-11-12-22-21(13-19)23(32-27-22)18-9-5-2-6-10-18/h1-13,20H,14-16H2,(H,26,30). The third-order valence-corrected chi connectivity index (χ3v) is 5.46. The van der Waals surface area contributed by atoms with Crippen LogP contribution in [-0.4, -0.2) is 41.2 Å². The van der Waals surface area contributed by atoms with Crippen LogP contribution in [0.1, 0.15) is 15.9 Å². The Balaban J connectivity index is 1.19. The SMILES string of the molecule is O=C(NC1CN(C(=O)c2ccc3noc(-c4ccccc4)c3c2)C1)OCc1ccccc1. The Morgan fingerprint density at radius 1 is 1.00 bits per heavy atom. The number of rotatable bonds is 5. The van der Waals surface area contributed by atoms with Crippen LogP contribution in [0.5, 0.6) is 0 Å². The summed E-state index contributed by atoms with van der Waals surface area (Å²) in [6.45, 7) is 1.09. The van der Waals surface area contributed by atoms with Crippen molar-refractivity contribution in [3.63, 3.8) is 0 Å². The number of ether oxygens (including phenoxy) is 1. The van der Waals surface area contributed by atoms with Crippen LogP contribution in [0.4, 0.5) is 4.79 Å². The number of nitrogens with one attached hydrogen (secondary N) is 1. The first-order valence-corrected chi connectivity index (χ1v) is 10.4. The minimum absolute atomic E-state index is 0.0946. The molecule has 1 aliphatic heterocycles. The maximum atomic E-state index is 12.9.